The quantitative estimate of drug-likeness (QED) is 0.677. The van der Waals surface area contributed by atoms with Crippen LogP contribution in [0.3, 0.4) is 0 Å². The minimum absolute atomic E-state index is 0.000279. The molecular formula is C20H13F3N2O5. The van der Waals surface area contributed by atoms with Gasteiger partial charge in [0.05, 0.1) is 12.1 Å². The number of ether oxygens (including phenoxy) is 1. The number of cyclic esters (lactones) is 1. The van der Waals surface area contributed by atoms with Crippen LogP contribution >= 0.6 is 0 Å². The average Bonchev–Trinajstić information content (AvgIpc) is 3.09. The fourth-order valence-electron chi connectivity index (χ4n) is 3.33. The number of carboxylic acid groups (broad SMARTS) is 1. The van der Waals surface area contributed by atoms with Crippen molar-refractivity contribution in [2.75, 3.05) is 11.4 Å². The molecule has 2 N–H and O–H groups in total. The van der Waals surface area contributed by atoms with Crippen LogP contribution in [0.25, 0.3) is 22.0 Å². The van der Waals surface area contributed by atoms with E-state index in [1.807, 2.05) is 0 Å². The summed E-state index contributed by atoms with van der Waals surface area (Å²) in [7, 11) is 0. The number of hydrogen-bond donors (Lipinski definition) is 2. The molecule has 1 saturated heterocycles. The molecule has 154 valence electrons. The third-order valence-electron chi connectivity index (χ3n) is 4.75. The summed E-state index contributed by atoms with van der Waals surface area (Å²) in [6.07, 6.45) is -6.79. The highest BCUT2D eigenvalue weighted by Gasteiger charge is 2.37. The third-order valence-corrected chi connectivity index (χ3v) is 4.75. The molecule has 2 aromatic carbocycles. The van der Waals surface area contributed by atoms with Gasteiger partial charge in [-0.2, -0.15) is 13.2 Å². The zero-order valence-electron chi connectivity index (χ0n) is 15.1. The standard InChI is InChI=1S/C20H13F3N2O5/c21-20(22,23)14-4-2-1-3-12(14)15-7-10-5-6-11(8-13(10)17(26)24-15)25-9-16(18(27)28)30-19(25)29/h1-8,16H,9H2,(H,24,26)(H,27,28)/t16-/m1/s1. The minimum atomic E-state index is -4.59. The minimum Gasteiger partial charge on any atom is -0.478 e. The summed E-state index contributed by atoms with van der Waals surface area (Å²) in [4.78, 5) is 39.1. The molecule has 1 atom stereocenters. The Morgan fingerprint density at radius 2 is 1.87 bits per heavy atom. The normalized spacial score (nSPS) is 16.7. The molecule has 1 fully saturated rings. The first-order chi connectivity index (χ1) is 14.1. The van der Waals surface area contributed by atoms with Gasteiger partial charge >= 0.3 is 18.2 Å². The molecule has 1 aliphatic rings. The van der Waals surface area contributed by atoms with E-state index in [1.54, 1.807) is 0 Å². The van der Waals surface area contributed by atoms with E-state index in [4.69, 9.17) is 9.84 Å². The molecule has 2 heterocycles. The Hall–Kier alpha value is -3.82. The number of aliphatic carboxylic acids is 1. The number of H-pyrrole nitrogens is 1. The van der Waals surface area contributed by atoms with Crippen LogP contribution in [0.4, 0.5) is 23.7 Å². The SMILES string of the molecule is O=C(O)[C@H]1CN(c2ccc3cc(-c4ccccc4C(F)(F)F)[nH]c(=O)c3c2)C(=O)O1. The Bertz CT molecular complexity index is 1240. The molecule has 1 amide bonds. The number of fused-ring (bicyclic) bond motifs is 1. The summed E-state index contributed by atoms with van der Waals surface area (Å²) in [5, 5.41) is 9.48. The maximum Gasteiger partial charge on any atom is 0.417 e. The average molecular weight is 418 g/mol. The number of benzene rings is 2. The number of nitrogens with one attached hydrogen (secondary N) is 1. The van der Waals surface area contributed by atoms with Crippen LogP contribution in [0.15, 0.2) is 53.3 Å². The van der Waals surface area contributed by atoms with Gasteiger partial charge in [0.1, 0.15) is 0 Å². The topological polar surface area (TPSA) is 99.7 Å². The summed E-state index contributed by atoms with van der Waals surface area (Å²) in [5.41, 5.74) is -1.45. The molecule has 0 unspecified atom stereocenters. The number of alkyl halides is 3. The summed E-state index contributed by atoms with van der Waals surface area (Å²) in [6.45, 7) is -0.228. The van der Waals surface area contributed by atoms with Gasteiger partial charge in [-0.25, -0.2) is 9.59 Å². The van der Waals surface area contributed by atoms with E-state index < -0.39 is 35.5 Å². The van der Waals surface area contributed by atoms with Crippen LogP contribution in [0.5, 0.6) is 0 Å². The number of aromatic nitrogens is 1. The molecule has 30 heavy (non-hydrogen) atoms. The first-order valence-corrected chi connectivity index (χ1v) is 8.70. The monoisotopic (exact) mass is 418 g/mol. The number of aromatic amines is 1. The van der Waals surface area contributed by atoms with Crippen LogP contribution in [0, 0.1) is 0 Å². The Morgan fingerprint density at radius 3 is 2.53 bits per heavy atom. The van der Waals surface area contributed by atoms with Crippen molar-refractivity contribution in [2.24, 2.45) is 0 Å². The highest BCUT2D eigenvalue weighted by atomic mass is 19.4. The highest BCUT2D eigenvalue weighted by molar-refractivity contribution is 5.97. The fraction of sp³-hybridized carbons (Fsp3) is 0.150. The lowest BCUT2D eigenvalue weighted by molar-refractivity contribution is -0.144. The van der Waals surface area contributed by atoms with Gasteiger partial charge in [0, 0.05) is 22.3 Å². The van der Waals surface area contributed by atoms with Gasteiger partial charge < -0.3 is 14.8 Å². The Morgan fingerprint density at radius 1 is 1.13 bits per heavy atom. The second-order valence-corrected chi connectivity index (χ2v) is 6.65. The molecule has 0 bridgehead atoms. The number of carboxylic acids is 1. The predicted molar refractivity (Wildman–Crippen MR) is 100 cm³/mol. The van der Waals surface area contributed by atoms with Gasteiger partial charge in [0.25, 0.3) is 5.56 Å². The molecule has 7 nitrogen and oxygen atoms in total. The number of carbonyl (C=O) groups is 2. The number of nitrogens with zero attached hydrogens (tertiary/aromatic N) is 1. The molecule has 10 heteroatoms. The molecule has 1 aliphatic heterocycles. The summed E-state index contributed by atoms with van der Waals surface area (Å²) in [5.74, 6) is -1.29. The van der Waals surface area contributed by atoms with Gasteiger partial charge in [-0.15, -0.1) is 0 Å². The number of amides is 1. The fourth-order valence-corrected chi connectivity index (χ4v) is 3.33. The van der Waals surface area contributed by atoms with Crippen LogP contribution < -0.4 is 10.5 Å². The lowest BCUT2D eigenvalue weighted by atomic mass is 10.0. The summed E-state index contributed by atoms with van der Waals surface area (Å²) < 4.78 is 44.7. The van der Waals surface area contributed by atoms with Gasteiger partial charge in [-0.05, 0) is 29.7 Å². The number of hydrogen-bond acceptors (Lipinski definition) is 4. The van der Waals surface area contributed by atoms with E-state index >= 15 is 0 Å². The van der Waals surface area contributed by atoms with Gasteiger partial charge in [0.2, 0.25) is 6.10 Å². The maximum absolute atomic E-state index is 13.3. The molecule has 4 rings (SSSR count). The molecular weight excluding hydrogens is 405 g/mol. The van der Waals surface area contributed by atoms with Gasteiger partial charge in [-0.3, -0.25) is 9.69 Å². The molecule has 3 aromatic rings. The number of rotatable bonds is 3. The third kappa shape index (κ3) is 3.36. The Kier molecular flexibility index (Phi) is 4.49. The first-order valence-electron chi connectivity index (χ1n) is 8.70. The van der Waals surface area contributed by atoms with Crippen molar-refractivity contribution in [3.05, 3.63) is 64.4 Å². The molecule has 0 aliphatic carbocycles. The Balaban J connectivity index is 1.78. The van der Waals surface area contributed by atoms with Crippen molar-refractivity contribution in [3.63, 3.8) is 0 Å². The summed E-state index contributed by atoms with van der Waals surface area (Å²) in [6, 6.07) is 10.6. The van der Waals surface area contributed by atoms with Crippen molar-refractivity contribution in [2.45, 2.75) is 12.3 Å². The number of anilines is 1. The second-order valence-electron chi connectivity index (χ2n) is 6.65. The first kappa shape index (κ1) is 19.5. The van der Waals surface area contributed by atoms with E-state index in [-0.39, 0.29) is 28.9 Å². The number of pyridine rings is 1. The smallest absolute Gasteiger partial charge is 0.417 e. The largest absolute Gasteiger partial charge is 0.478 e. The van der Waals surface area contributed by atoms with E-state index in [1.165, 1.54) is 42.5 Å². The molecule has 1 aromatic heterocycles. The zero-order valence-corrected chi connectivity index (χ0v) is 15.1. The molecule has 0 spiro atoms. The lowest BCUT2D eigenvalue weighted by Gasteiger charge is -2.15. The van der Waals surface area contributed by atoms with E-state index in [0.29, 0.717) is 5.39 Å². The van der Waals surface area contributed by atoms with Crippen LogP contribution in [0.1, 0.15) is 5.56 Å². The highest BCUT2D eigenvalue weighted by Crippen LogP contribution is 2.36. The molecule has 0 radical (unpaired) electrons. The number of halogens is 3. The second kappa shape index (κ2) is 6.90. The van der Waals surface area contributed by atoms with E-state index in [2.05, 4.69) is 4.98 Å². The van der Waals surface area contributed by atoms with Crippen LogP contribution in [-0.2, 0) is 15.7 Å². The van der Waals surface area contributed by atoms with Crippen LogP contribution in [-0.4, -0.2) is 34.8 Å². The Labute approximate surface area is 166 Å². The van der Waals surface area contributed by atoms with Crippen molar-refractivity contribution in [3.8, 4) is 11.3 Å². The van der Waals surface area contributed by atoms with Crippen LogP contribution in [0.2, 0.25) is 0 Å². The van der Waals surface area contributed by atoms with Gasteiger partial charge in [0.15, 0.2) is 0 Å². The lowest BCUT2D eigenvalue weighted by Crippen LogP contribution is -2.27. The molecule has 0 saturated carbocycles. The van der Waals surface area contributed by atoms with Crippen molar-refractivity contribution in [1.29, 1.82) is 0 Å². The van der Waals surface area contributed by atoms with E-state index in [0.717, 1.165) is 11.0 Å². The predicted octanol–water partition coefficient (Wildman–Crippen LogP) is 3.62. The van der Waals surface area contributed by atoms with Crippen molar-refractivity contribution < 1.29 is 32.6 Å². The van der Waals surface area contributed by atoms with Crippen molar-refractivity contribution >= 4 is 28.5 Å². The maximum atomic E-state index is 13.3. The van der Waals surface area contributed by atoms with Crippen molar-refractivity contribution in [1.82, 2.24) is 4.98 Å². The van der Waals surface area contributed by atoms with Gasteiger partial charge in [-0.1, -0.05) is 24.3 Å². The summed E-state index contributed by atoms with van der Waals surface area (Å²) >= 11 is 0. The zero-order chi connectivity index (χ0) is 21.6. The van der Waals surface area contributed by atoms with E-state index in [9.17, 15) is 27.6 Å². The number of carbonyl (C=O) groups excluding carboxylic acids is 1.